The highest BCUT2D eigenvalue weighted by molar-refractivity contribution is 6.31. The molecule has 0 saturated heterocycles. The van der Waals surface area contributed by atoms with Crippen LogP contribution in [0.2, 0.25) is 10.0 Å². The largest absolute Gasteiger partial charge is 0.481 e. The van der Waals surface area contributed by atoms with E-state index in [4.69, 9.17) is 33.0 Å². The zero-order valence-corrected chi connectivity index (χ0v) is 29.6. The Kier molecular flexibility index (Phi) is 13.0. The number of carbonyl (C=O) groups excluding carboxylic acids is 3. The van der Waals surface area contributed by atoms with Crippen LogP contribution in [0.5, 0.6) is 0 Å². The SMILES string of the molecule is CCOC(=O)C[C@@H](Cc1ccccc1Cl)NC(=O)c1ccc2n[nH]nc2c1.O=C(O)C[C@@H](Cc1ccccc1Cl)NC(=O)c1cc(F)c2n[nH]nc2c1. The third-order valence-corrected chi connectivity index (χ3v) is 8.61. The number of aromatic amines is 2. The molecule has 0 aliphatic rings. The van der Waals surface area contributed by atoms with Crippen molar-refractivity contribution in [3.05, 3.63) is 117 Å². The normalized spacial score (nSPS) is 12.0. The fourth-order valence-electron chi connectivity index (χ4n) is 5.40. The van der Waals surface area contributed by atoms with Crippen molar-refractivity contribution < 1.29 is 33.4 Å². The molecule has 2 atom stereocenters. The number of hydrogen-bond donors (Lipinski definition) is 5. The molecule has 5 N–H and O–H groups in total. The van der Waals surface area contributed by atoms with Crippen LogP contribution in [0.1, 0.15) is 51.6 Å². The molecule has 2 heterocycles. The summed E-state index contributed by atoms with van der Waals surface area (Å²) in [6.07, 6.45) is 0.394. The Bertz CT molecular complexity index is 2250. The number of amides is 2. The van der Waals surface area contributed by atoms with Crippen LogP contribution < -0.4 is 10.6 Å². The van der Waals surface area contributed by atoms with Crippen LogP contribution in [0.4, 0.5) is 4.39 Å². The summed E-state index contributed by atoms with van der Waals surface area (Å²) in [7, 11) is 0. The molecule has 0 radical (unpaired) electrons. The maximum Gasteiger partial charge on any atom is 0.307 e. The molecule has 17 heteroatoms. The minimum atomic E-state index is -1.07. The summed E-state index contributed by atoms with van der Waals surface area (Å²) in [6.45, 7) is 2.03. The van der Waals surface area contributed by atoms with E-state index in [0.717, 1.165) is 11.6 Å². The van der Waals surface area contributed by atoms with Crippen LogP contribution in [0.3, 0.4) is 0 Å². The third kappa shape index (κ3) is 10.6. The number of hydrogen-bond acceptors (Lipinski definition) is 9. The molecule has 4 aromatic carbocycles. The molecule has 53 heavy (non-hydrogen) atoms. The molecular formula is C36H33Cl2FN8O6. The minimum absolute atomic E-state index is 0.0263. The Morgan fingerprint density at radius 1 is 0.736 bits per heavy atom. The topological polar surface area (TPSA) is 205 Å². The van der Waals surface area contributed by atoms with Crippen LogP contribution in [-0.4, -0.2) is 78.4 Å². The number of H-pyrrole nitrogens is 2. The molecule has 0 spiro atoms. The van der Waals surface area contributed by atoms with Gasteiger partial charge in [0.25, 0.3) is 11.8 Å². The monoisotopic (exact) mass is 762 g/mol. The number of carboxylic acids is 1. The smallest absolute Gasteiger partial charge is 0.307 e. The van der Waals surface area contributed by atoms with Crippen LogP contribution in [0, 0.1) is 5.82 Å². The Labute approximate surface area is 311 Å². The predicted octanol–water partition coefficient (Wildman–Crippen LogP) is 5.47. The van der Waals surface area contributed by atoms with E-state index in [1.807, 2.05) is 18.2 Å². The number of nitrogens with one attached hydrogen (secondary N) is 4. The molecule has 0 aliphatic heterocycles. The van der Waals surface area contributed by atoms with E-state index in [0.29, 0.717) is 38.6 Å². The van der Waals surface area contributed by atoms with Crippen molar-refractivity contribution in [1.29, 1.82) is 0 Å². The van der Waals surface area contributed by atoms with Crippen molar-refractivity contribution in [3.63, 3.8) is 0 Å². The number of carboxylic acid groups (broad SMARTS) is 1. The van der Waals surface area contributed by atoms with Crippen molar-refractivity contribution in [1.82, 2.24) is 41.5 Å². The molecule has 6 rings (SSSR count). The average molecular weight is 764 g/mol. The van der Waals surface area contributed by atoms with Gasteiger partial charge in [-0.05, 0) is 73.4 Å². The Balaban J connectivity index is 0.000000204. The van der Waals surface area contributed by atoms with Crippen molar-refractivity contribution in [2.75, 3.05) is 6.61 Å². The lowest BCUT2D eigenvalue weighted by molar-refractivity contribution is -0.143. The van der Waals surface area contributed by atoms with E-state index in [1.54, 1.807) is 55.5 Å². The number of benzene rings is 4. The zero-order valence-electron chi connectivity index (χ0n) is 28.1. The van der Waals surface area contributed by atoms with Crippen molar-refractivity contribution in [3.8, 4) is 0 Å². The average Bonchev–Trinajstić information content (AvgIpc) is 3.80. The highest BCUT2D eigenvalue weighted by Gasteiger charge is 2.22. The lowest BCUT2D eigenvalue weighted by atomic mass is 10.0. The third-order valence-electron chi connectivity index (χ3n) is 7.87. The van der Waals surface area contributed by atoms with E-state index in [2.05, 4.69) is 41.5 Å². The second kappa shape index (κ2) is 18.0. The van der Waals surface area contributed by atoms with Gasteiger partial charge in [-0.25, -0.2) is 4.39 Å². The van der Waals surface area contributed by atoms with Gasteiger partial charge in [0.15, 0.2) is 5.82 Å². The van der Waals surface area contributed by atoms with Crippen LogP contribution in [-0.2, 0) is 27.2 Å². The summed E-state index contributed by atoms with van der Waals surface area (Å²) in [5.41, 5.74) is 3.51. The molecule has 2 amide bonds. The summed E-state index contributed by atoms with van der Waals surface area (Å²) in [5.74, 6) is -3.04. The van der Waals surface area contributed by atoms with Crippen LogP contribution in [0.25, 0.3) is 22.1 Å². The van der Waals surface area contributed by atoms with Gasteiger partial charge in [-0.15, -0.1) is 0 Å². The fourth-order valence-corrected chi connectivity index (χ4v) is 5.82. The molecule has 0 fully saturated rings. The van der Waals surface area contributed by atoms with Crippen LogP contribution in [0.15, 0.2) is 78.9 Å². The second-order valence-electron chi connectivity index (χ2n) is 11.7. The first-order valence-electron chi connectivity index (χ1n) is 16.3. The maximum absolute atomic E-state index is 14.0. The first kappa shape index (κ1) is 38.3. The van der Waals surface area contributed by atoms with E-state index in [1.165, 1.54) is 6.07 Å². The molecule has 0 aliphatic carbocycles. The lowest BCUT2D eigenvalue weighted by Gasteiger charge is -2.19. The highest BCUT2D eigenvalue weighted by atomic mass is 35.5. The summed E-state index contributed by atoms with van der Waals surface area (Å²) < 4.78 is 19.0. The van der Waals surface area contributed by atoms with E-state index < -0.39 is 29.8 Å². The van der Waals surface area contributed by atoms with Gasteiger partial charge in [0.2, 0.25) is 0 Å². The quantitative estimate of drug-likeness (QED) is 0.0938. The first-order chi connectivity index (χ1) is 25.5. The van der Waals surface area contributed by atoms with Gasteiger partial charge in [-0.3, -0.25) is 19.2 Å². The van der Waals surface area contributed by atoms with Crippen LogP contribution >= 0.6 is 23.2 Å². The molecule has 6 aromatic rings. The number of halogens is 3. The number of esters is 1. The van der Waals surface area contributed by atoms with Gasteiger partial charge < -0.3 is 20.5 Å². The summed E-state index contributed by atoms with van der Waals surface area (Å²) in [6, 6.07) is 20.6. The Morgan fingerprint density at radius 2 is 1.28 bits per heavy atom. The maximum atomic E-state index is 14.0. The summed E-state index contributed by atoms with van der Waals surface area (Å²) >= 11 is 12.3. The van der Waals surface area contributed by atoms with Crippen molar-refractivity contribution in [2.24, 2.45) is 0 Å². The number of nitrogens with zero attached hydrogens (tertiary/aromatic N) is 4. The minimum Gasteiger partial charge on any atom is -0.481 e. The molecule has 274 valence electrons. The number of aliphatic carboxylic acids is 1. The number of carbonyl (C=O) groups is 4. The number of ether oxygens (including phenoxy) is 1. The first-order valence-corrected chi connectivity index (χ1v) is 17.0. The Morgan fingerprint density at radius 3 is 1.91 bits per heavy atom. The Hall–Kier alpha value is -5.93. The number of rotatable bonds is 13. The highest BCUT2D eigenvalue weighted by Crippen LogP contribution is 2.21. The molecule has 0 unspecified atom stereocenters. The molecule has 0 saturated carbocycles. The fraction of sp³-hybridized carbons (Fsp3) is 0.222. The van der Waals surface area contributed by atoms with Gasteiger partial charge in [0, 0.05) is 33.3 Å². The van der Waals surface area contributed by atoms with Crippen molar-refractivity contribution >= 4 is 69.0 Å². The number of fused-ring (bicyclic) bond motifs is 2. The molecule has 0 bridgehead atoms. The van der Waals surface area contributed by atoms with Gasteiger partial charge in [-0.2, -0.15) is 30.8 Å². The predicted molar refractivity (Wildman–Crippen MR) is 194 cm³/mol. The standard InChI is InChI=1S/C19H19ClN4O3.C17H14ClFN4O3/c1-2-27-18(25)11-14(9-12-5-3-4-6-15(12)20)21-19(26)13-7-8-16-17(10-13)23-24-22-16;18-12-4-2-1-3-9(12)5-11(8-15(24)25)20-17(26)10-6-13(19)16-14(7-10)21-23-22-16/h3-8,10,14H,2,9,11H2,1H3,(H,21,26)(H,22,23,24);1-4,6-7,11H,5,8H2,(H,20,26)(H,24,25)(H,21,22,23)/t14-;11-/m11/s1. The zero-order chi connectivity index (χ0) is 37.9. The van der Waals surface area contributed by atoms with Gasteiger partial charge >= 0.3 is 11.9 Å². The molecule has 2 aromatic heterocycles. The van der Waals surface area contributed by atoms with E-state index >= 15 is 0 Å². The second-order valence-corrected chi connectivity index (χ2v) is 12.5. The molecular weight excluding hydrogens is 730 g/mol. The van der Waals surface area contributed by atoms with Gasteiger partial charge in [0.1, 0.15) is 22.1 Å². The molecule has 14 nitrogen and oxygen atoms in total. The van der Waals surface area contributed by atoms with Gasteiger partial charge in [0.05, 0.1) is 19.4 Å². The van der Waals surface area contributed by atoms with E-state index in [-0.39, 0.29) is 54.3 Å². The number of aromatic nitrogens is 6. The van der Waals surface area contributed by atoms with E-state index in [9.17, 15) is 23.6 Å². The summed E-state index contributed by atoms with van der Waals surface area (Å²) in [5, 5.41) is 35.9. The summed E-state index contributed by atoms with van der Waals surface area (Å²) in [4.78, 5) is 48.2. The van der Waals surface area contributed by atoms with Gasteiger partial charge in [-0.1, -0.05) is 59.6 Å². The lowest BCUT2D eigenvalue weighted by Crippen LogP contribution is -2.38. The van der Waals surface area contributed by atoms with Crippen molar-refractivity contribution in [2.45, 2.75) is 44.7 Å².